The van der Waals surface area contributed by atoms with Crippen LogP contribution in [0.2, 0.25) is 0 Å². The number of halogens is 1. The van der Waals surface area contributed by atoms with Crippen LogP contribution in [0.5, 0.6) is 0 Å². The summed E-state index contributed by atoms with van der Waals surface area (Å²) in [5.74, 6) is 0. The first-order valence-electron chi connectivity index (χ1n) is 4.58. The lowest BCUT2D eigenvalue weighted by molar-refractivity contribution is 0.344. The number of nitrogens with zero attached hydrogens (tertiary/aromatic N) is 1. The lowest BCUT2D eigenvalue weighted by Crippen LogP contribution is -1.90. The molecule has 1 unspecified atom stereocenters. The number of fused-ring (bicyclic) bond motifs is 3. The van der Waals surface area contributed by atoms with E-state index in [1.807, 2.05) is 24.3 Å². The number of rotatable bonds is 0. The molecule has 1 nitrogen and oxygen atoms in total. The van der Waals surface area contributed by atoms with Crippen molar-refractivity contribution in [1.29, 1.82) is 0 Å². The van der Waals surface area contributed by atoms with Crippen LogP contribution in [0.15, 0.2) is 30.3 Å². The third kappa shape index (κ3) is 0.857. The summed E-state index contributed by atoms with van der Waals surface area (Å²) in [7, 11) is 0. The summed E-state index contributed by atoms with van der Waals surface area (Å²) >= 11 is 0. The second-order valence-electron chi connectivity index (χ2n) is 3.54. The quantitative estimate of drug-likeness (QED) is 0.580. The molecule has 1 aliphatic rings. The van der Waals surface area contributed by atoms with Gasteiger partial charge in [-0.2, -0.15) is 0 Å². The monoisotopic (exact) mass is 175 g/mol. The van der Waals surface area contributed by atoms with E-state index in [-0.39, 0.29) is 0 Å². The van der Waals surface area contributed by atoms with Gasteiger partial charge in [0.1, 0.15) is 6.17 Å². The molecule has 2 heterocycles. The van der Waals surface area contributed by atoms with Crippen molar-refractivity contribution >= 4 is 10.9 Å². The third-order valence-electron chi connectivity index (χ3n) is 2.77. The Balaban J connectivity index is 2.38. The molecule has 1 atom stereocenters. The predicted octanol–water partition coefficient (Wildman–Crippen LogP) is 3.06. The van der Waals surface area contributed by atoms with E-state index < -0.39 is 6.17 Å². The van der Waals surface area contributed by atoms with Crippen LogP contribution in [0.4, 0.5) is 4.39 Å². The highest BCUT2D eigenvalue weighted by molar-refractivity contribution is 5.81. The van der Waals surface area contributed by atoms with Crippen molar-refractivity contribution in [1.82, 2.24) is 4.57 Å². The zero-order chi connectivity index (χ0) is 8.84. The second kappa shape index (κ2) is 2.34. The number of aromatic nitrogens is 1. The molecule has 0 fully saturated rings. The Kier molecular flexibility index (Phi) is 1.29. The molecule has 0 saturated carbocycles. The minimum absolute atomic E-state index is 0.639. The van der Waals surface area contributed by atoms with Crippen LogP contribution in [0, 0.1) is 0 Å². The second-order valence-corrected chi connectivity index (χ2v) is 3.54. The summed E-state index contributed by atoms with van der Waals surface area (Å²) in [6.07, 6.45) is -0.118. The smallest absolute Gasteiger partial charge is 0.142 e. The Morgan fingerprint density at radius 3 is 3.08 bits per heavy atom. The Morgan fingerprint density at radius 1 is 1.31 bits per heavy atom. The van der Waals surface area contributed by atoms with Gasteiger partial charge in [-0.05, 0) is 17.5 Å². The molecular formula is C11H10FN. The SMILES string of the molecule is FC1CCn2c1cc1ccccc12. The molecule has 3 rings (SSSR count). The fourth-order valence-electron chi connectivity index (χ4n) is 2.13. The van der Waals surface area contributed by atoms with Crippen molar-refractivity contribution in [2.45, 2.75) is 19.1 Å². The first-order chi connectivity index (χ1) is 6.36. The van der Waals surface area contributed by atoms with Gasteiger partial charge in [0.25, 0.3) is 0 Å². The van der Waals surface area contributed by atoms with E-state index in [4.69, 9.17) is 0 Å². The van der Waals surface area contributed by atoms with Crippen LogP contribution in [-0.4, -0.2) is 4.57 Å². The van der Waals surface area contributed by atoms with Crippen molar-refractivity contribution in [2.24, 2.45) is 0 Å². The van der Waals surface area contributed by atoms with Gasteiger partial charge in [0.15, 0.2) is 0 Å². The Labute approximate surface area is 75.8 Å². The van der Waals surface area contributed by atoms with Crippen LogP contribution >= 0.6 is 0 Å². The Bertz CT molecular complexity index is 458. The van der Waals surface area contributed by atoms with Gasteiger partial charge in [-0.25, -0.2) is 4.39 Å². The van der Waals surface area contributed by atoms with Crippen LogP contribution in [-0.2, 0) is 6.54 Å². The minimum Gasteiger partial charge on any atom is -0.342 e. The molecule has 0 spiro atoms. The molecule has 0 radical (unpaired) electrons. The maximum Gasteiger partial charge on any atom is 0.142 e. The molecular weight excluding hydrogens is 165 g/mol. The van der Waals surface area contributed by atoms with E-state index in [0.717, 1.165) is 23.1 Å². The zero-order valence-electron chi connectivity index (χ0n) is 7.20. The number of hydrogen-bond donors (Lipinski definition) is 0. The highest BCUT2D eigenvalue weighted by Crippen LogP contribution is 2.34. The Hall–Kier alpha value is -1.31. The average Bonchev–Trinajstić information content (AvgIpc) is 2.67. The van der Waals surface area contributed by atoms with E-state index in [1.54, 1.807) is 0 Å². The van der Waals surface area contributed by atoms with Crippen molar-refractivity contribution in [2.75, 3.05) is 0 Å². The molecule has 0 amide bonds. The molecule has 0 bridgehead atoms. The van der Waals surface area contributed by atoms with Crippen molar-refractivity contribution < 1.29 is 4.39 Å². The lowest BCUT2D eigenvalue weighted by atomic mass is 10.2. The van der Waals surface area contributed by atoms with Gasteiger partial charge >= 0.3 is 0 Å². The van der Waals surface area contributed by atoms with Gasteiger partial charge in [0.05, 0.1) is 5.69 Å². The molecule has 0 saturated heterocycles. The molecule has 66 valence electrons. The number of benzene rings is 1. The van der Waals surface area contributed by atoms with Crippen molar-refractivity contribution in [3.8, 4) is 0 Å². The molecule has 1 aromatic carbocycles. The van der Waals surface area contributed by atoms with Crippen molar-refractivity contribution in [3.05, 3.63) is 36.0 Å². The van der Waals surface area contributed by atoms with Gasteiger partial charge < -0.3 is 4.57 Å². The van der Waals surface area contributed by atoms with Gasteiger partial charge in [-0.1, -0.05) is 18.2 Å². The maximum atomic E-state index is 13.3. The lowest BCUT2D eigenvalue weighted by Gasteiger charge is -1.97. The topological polar surface area (TPSA) is 4.93 Å². The maximum absolute atomic E-state index is 13.3. The molecule has 1 aliphatic heterocycles. The van der Waals surface area contributed by atoms with Gasteiger partial charge in [0.2, 0.25) is 0 Å². The molecule has 1 aromatic heterocycles. The van der Waals surface area contributed by atoms with Crippen LogP contribution in [0.25, 0.3) is 10.9 Å². The number of alkyl halides is 1. The van der Waals surface area contributed by atoms with E-state index >= 15 is 0 Å². The number of aryl methyl sites for hydroxylation is 1. The fraction of sp³-hybridized carbons (Fsp3) is 0.273. The summed E-state index contributed by atoms with van der Waals surface area (Å²) in [6.45, 7) is 0.823. The number of hydrogen-bond acceptors (Lipinski definition) is 0. The molecule has 2 aromatic rings. The molecule has 13 heavy (non-hydrogen) atoms. The van der Waals surface area contributed by atoms with E-state index in [2.05, 4.69) is 10.6 Å². The highest BCUT2D eigenvalue weighted by atomic mass is 19.1. The van der Waals surface area contributed by atoms with Crippen LogP contribution in [0.3, 0.4) is 0 Å². The normalized spacial score (nSPS) is 20.8. The summed E-state index contributed by atoms with van der Waals surface area (Å²) in [6, 6.07) is 10.0. The highest BCUT2D eigenvalue weighted by Gasteiger charge is 2.23. The molecule has 2 heteroatoms. The minimum atomic E-state index is -0.757. The molecule has 0 aliphatic carbocycles. The van der Waals surface area contributed by atoms with Crippen LogP contribution in [0.1, 0.15) is 18.3 Å². The average molecular weight is 175 g/mol. The summed E-state index contributed by atoms with van der Waals surface area (Å²) in [5.41, 5.74) is 2.01. The summed E-state index contributed by atoms with van der Waals surface area (Å²) < 4.78 is 15.4. The van der Waals surface area contributed by atoms with Gasteiger partial charge in [-0.3, -0.25) is 0 Å². The molecule has 0 N–H and O–H groups in total. The van der Waals surface area contributed by atoms with Gasteiger partial charge in [-0.15, -0.1) is 0 Å². The first-order valence-corrected chi connectivity index (χ1v) is 4.58. The van der Waals surface area contributed by atoms with E-state index in [9.17, 15) is 4.39 Å². The first kappa shape index (κ1) is 7.13. The van der Waals surface area contributed by atoms with Crippen molar-refractivity contribution in [3.63, 3.8) is 0 Å². The van der Waals surface area contributed by atoms with E-state index in [0.29, 0.717) is 6.42 Å². The zero-order valence-corrected chi connectivity index (χ0v) is 7.20. The standard InChI is InChI=1S/C11H10FN/c12-9-5-6-13-10-4-2-1-3-8(10)7-11(9)13/h1-4,7,9H,5-6H2. The van der Waals surface area contributed by atoms with Crippen LogP contribution < -0.4 is 0 Å². The fourth-order valence-corrected chi connectivity index (χ4v) is 2.13. The summed E-state index contributed by atoms with van der Waals surface area (Å²) in [5, 5.41) is 1.15. The largest absolute Gasteiger partial charge is 0.342 e. The Morgan fingerprint density at radius 2 is 2.15 bits per heavy atom. The summed E-state index contributed by atoms with van der Waals surface area (Å²) in [4.78, 5) is 0. The van der Waals surface area contributed by atoms with E-state index in [1.165, 1.54) is 0 Å². The third-order valence-corrected chi connectivity index (χ3v) is 2.77. The predicted molar refractivity (Wildman–Crippen MR) is 50.4 cm³/mol. The number of para-hydroxylation sites is 1. The van der Waals surface area contributed by atoms with Gasteiger partial charge in [0, 0.05) is 18.5 Å².